The molecule has 5 heteroatoms. The number of nitrogens with one attached hydrogen (secondary N) is 1. The van der Waals surface area contributed by atoms with Gasteiger partial charge in [0.2, 0.25) is 0 Å². The van der Waals surface area contributed by atoms with E-state index in [1.165, 1.54) is 38.8 Å². The highest BCUT2D eigenvalue weighted by atomic mass is 16.5. The minimum absolute atomic E-state index is 0.697. The van der Waals surface area contributed by atoms with Crippen molar-refractivity contribution >= 4 is 0 Å². The van der Waals surface area contributed by atoms with E-state index in [0.717, 1.165) is 38.0 Å². The molecule has 2 heterocycles. The molecule has 0 amide bonds. The standard InChI is InChI=1S/C22H32N4O/c1-27-12-11-25(17-22-23-8-9-24-22)15-18-5-4-10-26(16-18)21-13-19-6-2-3-7-20(19)14-21/h2-3,6-9,18,21H,4-5,10-17H2,1H3,(H,23,24). The Morgan fingerprint density at radius 1 is 1.26 bits per heavy atom. The number of nitrogens with zero attached hydrogens (tertiary/aromatic N) is 3. The minimum Gasteiger partial charge on any atom is -0.383 e. The highest BCUT2D eigenvalue weighted by Crippen LogP contribution is 2.29. The molecule has 1 aromatic heterocycles. The van der Waals surface area contributed by atoms with Crippen LogP contribution in [-0.2, 0) is 24.1 Å². The number of methoxy groups -OCH3 is 1. The van der Waals surface area contributed by atoms with Crippen LogP contribution in [0.15, 0.2) is 36.7 Å². The zero-order chi connectivity index (χ0) is 18.5. The van der Waals surface area contributed by atoms with Gasteiger partial charge in [0.25, 0.3) is 0 Å². The highest BCUT2D eigenvalue weighted by molar-refractivity contribution is 5.33. The lowest BCUT2D eigenvalue weighted by molar-refractivity contribution is 0.0834. The van der Waals surface area contributed by atoms with Gasteiger partial charge in [0.05, 0.1) is 13.2 Å². The summed E-state index contributed by atoms with van der Waals surface area (Å²) >= 11 is 0. The van der Waals surface area contributed by atoms with Crippen molar-refractivity contribution in [3.63, 3.8) is 0 Å². The molecule has 1 saturated heterocycles. The first-order chi connectivity index (χ1) is 13.3. The first-order valence-corrected chi connectivity index (χ1v) is 10.3. The lowest BCUT2D eigenvalue weighted by atomic mass is 9.95. The molecular formula is C22H32N4O. The molecule has 27 heavy (non-hydrogen) atoms. The quantitative estimate of drug-likeness (QED) is 0.778. The molecule has 146 valence electrons. The maximum atomic E-state index is 5.34. The molecule has 1 unspecified atom stereocenters. The van der Waals surface area contributed by atoms with Crippen LogP contribution in [0.2, 0.25) is 0 Å². The molecule has 1 atom stereocenters. The Kier molecular flexibility index (Phi) is 6.22. The second-order valence-electron chi connectivity index (χ2n) is 8.10. The summed E-state index contributed by atoms with van der Waals surface area (Å²) in [6.07, 6.45) is 8.84. The van der Waals surface area contributed by atoms with Crippen molar-refractivity contribution in [2.75, 3.05) is 39.9 Å². The number of aromatic nitrogens is 2. The largest absolute Gasteiger partial charge is 0.383 e. The second kappa shape index (κ2) is 9.00. The number of rotatable bonds is 8. The molecular weight excluding hydrogens is 336 g/mol. The summed E-state index contributed by atoms with van der Waals surface area (Å²) in [5, 5.41) is 0. The van der Waals surface area contributed by atoms with Crippen molar-refractivity contribution < 1.29 is 4.74 Å². The van der Waals surface area contributed by atoms with Gasteiger partial charge < -0.3 is 9.72 Å². The molecule has 1 aliphatic heterocycles. The number of H-pyrrole nitrogens is 1. The number of likely N-dealkylation sites (tertiary alicyclic amines) is 1. The van der Waals surface area contributed by atoms with E-state index in [4.69, 9.17) is 4.74 Å². The average molecular weight is 369 g/mol. The van der Waals surface area contributed by atoms with E-state index in [0.29, 0.717) is 6.04 Å². The number of hydrogen-bond acceptors (Lipinski definition) is 4. The third-order valence-corrected chi connectivity index (χ3v) is 6.15. The number of benzene rings is 1. The average Bonchev–Trinajstić information content (AvgIpc) is 3.35. The predicted molar refractivity (Wildman–Crippen MR) is 108 cm³/mol. The van der Waals surface area contributed by atoms with Gasteiger partial charge >= 0.3 is 0 Å². The van der Waals surface area contributed by atoms with E-state index in [-0.39, 0.29) is 0 Å². The van der Waals surface area contributed by atoms with E-state index < -0.39 is 0 Å². The summed E-state index contributed by atoms with van der Waals surface area (Å²) in [5.74, 6) is 1.78. The van der Waals surface area contributed by atoms with Crippen LogP contribution in [0.4, 0.5) is 0 Å². The topological polar surface area (TPSA) is 44.4 Å². The smallest absolute Gasteiger partial charge is 0.120 e. The van der Waals surface area contributed by atoms with E-state index in [2.05, 4.69) is 44.0 Å². The van der Waals surface area contributed by atoms with Crippen molar-refractivity contribution in [2.24, 2.45) is 5.92 Å². The van der Waals surface area contributed by atoms with Crippen LogP contribution in [0, 0.1) is 5.92 Å². The number of piperidine rings is 1. The van der Waals surface area contributed by atoms with Crippen LogP contribution >= 0.6 is 0 Å². The van der Waals surface area contributed by atoms with Gasteiger partial charge in [-0.1, -0.05) is 24.3 Å². The summed E-state index contributed by atoms with van der Waals surface area (Å²) in [6, 6.07) is 9.69. The lowest BCUT2D eigenvalue weighted by Crippen LogP contribution is -2.46. The number of imidazole rings is 1. The molecule has 1 fully saturated rings. The van der Waals surface area contributed by atoms with E-state index in [1.54, 1.807) is 18.2 Å². The second-order valence-corrected chi connectivity index (χ2v) is 8.10. The van der Waals surface area contributed by atoms with Crippen LogP contribution in [-0.4, -0.2) is 65.7 Å². The van der Waals surface area contributed by atoms with Gasteiger partial charge in [-0.3, -0.25) is 9.80 Å². The van der Waals surface area contributed by atoms with Crippen LogP contribution in [0.5, 0.6) is 0 Å². The number of hydrogen-bond donors (Lipinski definition) is 1. The Morgan fingerprint density at radius 2 is 2.07 bits per heavy atom. The van der Waals surface area contributed by atoms with Gasteiger partial charge in [0, 0.05) is 45.2 Å². The minimum atomic E-state index is 0.697. The third kappa shape index (κ3) is 4.78. The maximum Gasteiger partial charge on any atom is 0.120 e. The molecule has 4 rings (SSSR count). The van der Waals surface area contributed by atoms with Crippen molar-refractivity contribution in [1.82, 2.24) is 19.8 Å². The van der Waals surface area contributed by atoms with E-state index >= 15 is 0 Å². The first kappa shape index (κ1) is 18.7. The van der Waals surface area contributed by atoms with E-state index in [9.17, 15) is 0 Å². The first-order valence-electron chi connectivity index (χ1n) is 10.3. The van der Waals surface area contributed by atoms with Gasteiger partial charge in [-0.15, -0.1) is 0 Å². The monoisotopic (exact) mass is 368 g/mol. The molecule has 0 saturated carbocycles. The molecule has 5 nitrogen and oxygen atoms in total. The van der Waals surface area contributed by atoms with Crippen molar-refractivity contribution in [3.8, 4) is 0 Å². The normalized spacial score (nSPS) is 21.0. The molecule has 1 aromatic carbocycles. The Bertz CT molecular complexity index is 677. The Morgan fingerprint density at radius 3 is 2.78 bits per heavy atom. The Labute approximate surface area is 162 Å². The Hall–Kier alpha value is -1.69. The number of aromatic amines is 1. The van der Waals surface area contributed by atoms with Crippen LogP contribution < -0.4 is 0 Å². The summed E-state index contributed by atoms with van der Waals surface area (Å²) in [5.41, 5.74) is 3.12. The fraction of sp³-hybridized carbons (Fsp3) is 0.591. The van der Waals surface area contributed by atoms with Crippen molar-refractivity contribution in [1.29, 1.82) is 0 Å². The summed E-state index contributed by atoms with van der Waals surface area (Å²) in [7, 11) is 1.78. The maximum absolute atomic E-state index is 5.34. The van der Waals surface area contributed by atoms with Crippen LogP contribution in [0.25, 0.3) is 0 Å². The molecule has 2 aliphatic rings. The summed E-state index contributed by atoms with van der Waals surface area (Å²) in [6.45, 7) is 6.21. The zero-order valence-corrected chi connectivity index (χ0v) is 16.4. The molecule has 1 aliphatic carbocycles. The van der Waals surface area contributed by atoms with Gasteiger partial charge in [-0.2, -0.15) is 0 Å². The fourth-order valence-electron chi connectivity index (χ4n) is 4.79. The SMILES string of the molecule is COCCN(Cc1ncc[nH]1)CC1CCCN(C2Cc3ccccc3C2)C1. The van der Waals surface area contributed by atoms with Crippen LogP contribution in [0.3, 0.4) is 0 Å². The zero-order valence-electron chi connectivity index (χ0n) is 16.4. The lowest BCUT2D eigenvalue weighted by Gasteiger charge is -2.38. The number of fused-ring (bicyclic) bond motifs is 1. The van der Waals surface area contributed by atoms with Crippen LogP contribution in [0.1, 0.15) is 29.8 Å². The predicted octanol–water partition coefficient (Wildman–Crippen LogP) is 2.74. The van der Waals surface area contributed by atoms with Gasteiger partial charge in [-0.25, -0.2) is 4.98 Å². The van der Waals surface area contributed by atoms with Gasteiger partial charge in [0.1, 0.15) is 5.82 Å². The summed E-state index contributed by atoms with van der Waals surface area (Å²) < 4.78 is 5.34. The van der Waals surface area contributed by atoms with Gasteiger partial charge in [-0.05, 0) is 49.3 Å². The highest BCUT2D eigenvalue weighted by Gasteiger charge is 2.31. The van der Waals surface area contributed by atoms with Crippen molar-refractivity contribution in [3.05, 3.63) is 53.6 Å². The van der Waals surface area contributed by atoms with E-state index in [1.807, 2.05) is 12.4 Å². The molecule has 0 radical (unpaired) electrons. The molecule has 0 spiro atoms. The molecule has 0 bridgehead atoms. The molecule has 1 N–H and O–H groups in total. The van der Waals surface area contributed by atoms with Gasteiger partial charge in [0.15, 0.2) is 0 Å². The fourth-order valence-corrected chi connectivity index (χ4v) is 4.79. The third-order valence-electron chi connectivity index (χ3n) is 6.15. The Balaban J connectivity index is 1.34. The summed E-state index contributed by atoms with van der Waals surface area (Å²) in [4.78, 5) is 12.9. The molecule has 2 aromatic rings. The number of ether oxygens (including phenoxy) is 1. The van der Waals surface area contributed by atoms with Crippen molar-refractivity contribution in [2.45, 2.75) is 38.3 Å².